The monoisotopic (exact) mass is 222 g/mol. The van der Waals surface area contributed by atoms with Gasteiger partial charge in [-0.3, -0.25) is 9.59 Å². The average molecular weight is 222 g/mol. The molecule has 0 spiro atoms. The maximum absolute atomic E-state index is 12.9. The highest BCUT2D eigenvalue weighted by Gasteiger charge is 2.25. The van der Waals surface area contributed by atoms with Gasteiger partial charge in [-0.05, 0) is 18.2 Å². The highest BCUT2D eigenvalue weighted by molar-refractivity contribution is 6.03. The van der Waals surface area contributed by atoms with Crippen molar-refractivity contribution in [1.82, 2.24) is 0 Å². The first-order valence-corrected chi connectivity index (χ1v) is 4.94. The van der Waals surface area contributed by atoms with Gasteiger partial charge in [0, 0.05) is 30.1 Å². The number of amides is 1. The van der Waals surface area contributed by atoms with Gasteiger partial charge in [0.25, 0.3) is 0 Å². The van der Waals surface area contributed by atoms with Crippen LogP contribution in [0.15, 0.2) is 18.2 Å². The summed E-state index contributed by atoms with van der Waals surface area (Å²) in [5.74, 6) is -1.07. The number of carbonyl (C=O) groups is 2. The van der Waals surface area contributed by atoms with Crippen molar-refractivity contribution in [1.29, 1.82) is 0 Å². The molecular formula is C11H11FN2O2. The maximum atomic E-state index is 12.9. The van der Waals surface area contributed by atoms with Crippen LogP contribution >= 0.6 is 0 Å². The minimum Gasteiger partial charge on any atom is -0.381 e. The molecule has 1 unspecified atom stereocenters. The number of rotatable bonds is 2. The Morgan fingerprint density at radius 3 is 3.00 bits per heavy atom. The summed E-state index contributed by atoms with van der Waals surface area (Å²) < 4.78 is 12.9. The number of nitrogens with two attached hydrogens (primary N) is 1. The Morgan fingerprint density at radius 1 is 1.56 bits per heavy atom. The molecule has 1 aromatic carbocycles. The highest BCUT2D eigenvalue weighted by Crippen LogP contribution is 2.26. The van der Waals surface area contributed by atoms with Crippen LogP contribution in [0, 0.1) is 5.82 Å². The van der Waals surface area contributed by atoms with Gasteiger partial charge < -0.3 is 11.1 Å². The van der Waals surface area contributed by atoms with Crippen LogP contribution in [0.2, 0.25) is 0 Å². The van der Waals surface area contributed by atoms with E-state index < -0.39 is 11.7 Å². The number of benzene rings is 1. The lowest BCUT2D eigenvalue weighted by atomic mass is 9.95. The van der Waals surface area contributed by atoms with E-state index in [4.69, 9.17) is 5.73 Å². The normalized spacial score (nSPS) is 18.8. The van der Waals surface area contributed by atoms with Crippen LogP contribution in [0.3, 0.4) is 0 Å². The third kappa shape index (κ3) is 2.03. The van der Waals surface area contributed by atoms with E-state index in [1.165, 1.54) is 18.2 Å². The summed E-state index contributed by atoms with van der Waals surface area (Å²) in [6.07, 6.45) is 0.266. The van der Waals surface area contributed by atoms with E-state index in [1.807, 2.05) is 0 Å². The summed E-state index contributed by atoms with van der Waals surface area (Å²) in [5, 5.41) is 3.00. The molecule has 16 heavy (non-hydrogen) atoms. The fourth-order valence-electron chi connectivity index (χ4n) is 1.84. The average Bonchev–Trinajstić information content (AvgIpc) is 2.18. The minimum absolute atomic E-state index is 0.0998. The minimum atomic E-state index is -0.462. The number of ketones is 1. The topological polar surface area (TPSA) is 72.2 Å². The third-order valence-electron chi connectivity index (χ3n) is 2.52. The molecule has 3 N–H and O–H groups in total. The lowest BCUT2D eigenvalue weighted by Gasteiger charge is -2.25. The van der Waals surface area contributed by atoms with E-state index in [0.29, 0.717) is 11.3 Å². The Morgan fingerprint density at radius 2 is 2.31 bits per heavy atom. The summed E-state index contributed by atoms with van der Waals surface area (Å²) in [4.78, 5) is 22.4. The third-order valence-corrected chi connectivity index (χ3v) is 2.52. The van der Waals surface area contributed by atoms with Gasteiger partial charge in [-0.2, -0.15) is 0 Å². The molecule has 1 amide bonds. The fourth-order valence-corrected chi connectivity index (χ4v) is 1.84. The van der Waals surface area contributed by atoms with Crippen molar-refractivity contribution >= 4 is 17.4 Å². The van der Waals surface area contributed by atoms with Gasteiger partial charge in [-0.25, -0.2) is 4.39 Å². The van der Waals surface area contributed by atoms with Crippen LogP contribution in [0.25, 0.3) is 0 Å². The van der Waals surface area contributed by atoms with Crippen molar-refractivity contribution in [3.63, 3.8) is 0 Å². The molecule has 84 valence electrons. The van der Waals surface area contributed by atoms with Crippen molar-refractivity contribution in [2.24, 2.45) is 5.73 Å². The van der Waals surface area contributed by atoms with Gasteiger partial charge in [0.1, 0.15) is 5.82 Å². The molecule has 0 saturated carbocycles. The number of anilines is 1. The van der Waals surface area contributed by atoms with Crippen LogP contribution in [-0.2, 0) is 4.79 Å². The zero-order valence-corrected chi connectivity index (χ0v) is 8.50. The molecule has 0 aromatic heterocycles. The van der Waals surface area contributed by atoms with E-state index in [0.717, 1.165) is 0 Å². The summed E-state index contributed by atoms with van der Waals surface area (Å²) in [7, 11) is 0. The molecule has 1 aliphatic heterocycles. The zero-order chi connectivity index (χ0) is 11.7. The van der Waals surface area contributed by atoms with Crippen LogP contribution in [0.1, 0.15) is 23.2 Å². The number of hydrogen-bond donors (Lipinski definition) is 2. The van der Waals surface area contributed by atoms with E-state index in [2.05, 4.69) is 5.32 Å². The number of Topliss-reactive ketones (excluding diaryl/α,β-unsaturated/α-hetero) is 1. The second kappa shape index (κ2) is 3.92. The van der Waals surface area contributed by atoms with Crippen molar-refractivity contribution in [3.05, 3.63) is 29.6 Å². The molecule has 0 aliphatic carbocycles. The van der Waals surface area contributed by atoms with Crippen molar-refractivity contribution in [2.45, 2.75) is 18.9 Å². The second-order valence-corrected chi connectivity index (χ2v) is 3.83. The molecule has 1 aromatic rings. The first-order chi connectivity index (χ1) is 7.56. The molecular weight excluding hydrogens is 211 g/mol. The largest absolute Gasteiger partial charge is 0.381 e. The van der Waals surface area contributed by atoms with Gasteiger partial charge in [0.2, 0.25) is 5.91 Å². The Kier molecular flexibility index (Phi) is 2.60. The molecule has 0 saturated heterocycles. The number of fused-ring (bicyclic) bond motifs is 1. The van der Waals surface area contributed by atoms with Crippen LogP contribution in [0.5, 0.6) is 0 Å². The van der Waals surface area contributed by atoms with E-state index in [1.54, 1.807) is 0 Å². The summed E-state index contributed by atoms with van der Waals surface area (Å²) >= 11 is 0. The Bertz CT molecular complexity index is 459. The Hall–Kier alpha value is -1.91. The molecule has 0 bridgehead atoms. The number of primary amides is 1. The molecule has 0 radical (unpaired) electrons. The Balaban J connectivity index is 2.26. The molecule has 1 aliphatic rings. The van der Waals surface area contributed by atoms with Crippen molar-refractivity contribution in [2.75, 3.05) is 5.32 Å². The fraction of sp³-hybridized carbons (Fsp3) is 0.273. The molecule has 2 rings (SSSR count). The van der Waals surface area contributed by atoms with Gasteiger partial charge in [0.05, 0.1) is 0 Å². The lowest BCUT2D eigenvalue weighted by Crippen LogP contribution is -2.33. The van der Waals surface area contributed by atoms with E-state index in [-0.39, 0.29) is 24.7 Å². The quantitative estimate of drug-likeness (QED) is 0.786. The molecule has 1 atom stereocenters. The number of nitrogens with one attached hydrogen (secondary N) is 1. The van der Waals surface area contributed by atoms with E-state index in [9.17, 15) is 14.0 Å². The molecule has 0 fully saturated rings. The van der Waals surface area contributed by atoms with Crippen LogP contribution in [0.4, 0.5) is 10.1 Å². The van der Waals surface area contributed by atoms with Crippen molar-refractivity contribution in [3.8, 4) is 0 Å². The van der Waals surface area contributed by atoms with Gasteiger partial charge in [-0.15, -0.1) is 0 Å². The van der Waals surface area contributed by atoms with Crippen molar-refractivity contribution < 1.29 is 14.0 Å². The first kappa shape index (κ1) is 10.6. The molecule has 5 heteroatoms. The summed E-state index contributed by atoms with van der Waals surface area (Å²) in [6.45, 7) is 0. The SMILES string of the molecule is NC(=O)CC1CC(=O)c2cc(F)ccc2N1. The maximum Gasteiger partial charge on any atom is 0.219 e. The van der Waals surface area contributed by atoms with Gasteiger partial charge in [0.15, 0.2) is 5.78 Å². The second-order valence-electron chi connectivity index (χ2n) is 3.83. The predicted octanol–water partition coefficient (Wildman–Crippen LogP) is 1.07. The van der Waals surface area contributed by atoms with Crippen LogP contribution < -0.4 is 11.1 Å². The standard InChI is InChI=1S/C11H11FN2O2/c12-6-1-2-9-8(3-6)10(15)4-7(14-9)5-11(13)16/h1-3,7,14H,4-5H2,(H2,13,16). The number of carbonyl (C=O) groups excluding carboxylic acids is 2. The number of hydrogen-bond acceptors (Lipinski definition) is 3. The van der Waals surface area contributed by atoms with Gasteiger partial charge in [-0.1, -0.05) is 0 Å². The van der Waals surface area contributed by atoms with E-state index >= 15 is 0 Å². The van der Waals surface area contributed by atoms with Crippen LogP contribution in [-0.4, -0.2) is 17.7 Å². The number of halogens is 1. The Labute approximate surface area is 91.6 Å². The smallest absolute Gasteiger partial charge is 0.219 e. The molecule has 1 heterocycles. The molecule has 4 nitrogen and oxygen atoms in total. The predicted molar refractivity (Wildman–Crippen MR) is 56.6 cm³/mol. The highest BCUT2D eigenvalue weighted by atomic mass is 19.1. The van der Waals surface area contributed by atoms with Gasteiger partial charge >= 0.3 is 0 Å². The first-order valence-electron chi connectivity index (χ1n) is 4.94. The summed E-state index contributed by atoms with van der Waals surface area (Å²) in [6, 6.07) is 3.68. The zero-order valence-electron chi connectivity index (χ0n) is 8.50. The summed E-state index contributed by atoms with van der Waals surface area (Å²) in [5.41, 5.74) is 5.96. The lowest BCUT2D eigenvalue weighted by molar-refractivity contribution is -0.118.